The third kappa shape index (κ3) is 5.57. The molecule has 0 heterocycles. The molecule has 0 spiro atoms. The van der Waals surface area contributed by atoms with Crippen molar-refractivity contribution in [3.05, 3.63) is 58.6 Å². The van der Waals surface area contributed by atoms with Crippen LogP contribution in [0, 0.1) is 19.3 Å². The van der Waals surface area contributed by atoms with Crippen LogP contribution in [-0.2, 0) is 19.6 Å². The Morgan fingerprint density at radius 1 is 1.18 bits per heavy atom. The largest absolute Gasteiger partial charge is 0.452 e. The molecule has 2 aromatic rings. The molecule has 7 nitrogen and oxygen atoms in total. The lowest BCUT2D eigenvalue weighted by Gasteiger charge is -2.10. The van der Waals surface area contributed by atoms with E-state index in [-0.39, 0.29) is 17.0 Å². The van der Waals surface area contributed by atoms with E-state index in [1.165, 1.54) is 24.3 Å². The number of amides is 1. The van der Waals surface area contributed by atoms with Gasteiger partial charge in [0.2, 0.25) is 10.0 Å². The summed E-state index contributed by atoms with van der Waals surface area (Å²) in [7, 11) is -3.75. The Bertz CT molecular complexity index is 1030. The van der Waals surface area contributed by atoms with Crippen molar-refractivity contribution in [1.82, 2.24) is 4.72 Å². The van der Waals surface area contributed by atoms with Crippen LogP contribution in [-0.4, -0.2) is 33.4 Å². The second-order valence-electron chi connectivity index (χ2n) is 5.59. The van der Waals surface area contributed by atoms with Gasteiger partial charge in [0.1, 0.15) is 0 Å². The summed E-state index contributed by atoms with van der Waals surface area (Å²) >= 11 is 5.98. The standard InChI is InChI=1S/C19H17ClN2O5S/c1-3-11-21-28(25,26)15-9-7-14(8-10-15)19(24)27-12-18(23)22-17-6-4-5-16(20)13(17)2/h1,4-10,21H,11-12H2,2H3,(H,22,23). The van der Waals surface area contributed by atoms with Gasteiger partial charge in [-0.2, -0.15) is 4.72 Å². The van der Waals surface area contributed by atoms with Crippen LogP contribution in [0.1, 0.15) is 15.9 Å². The molecule has 0 aliphatic heterocycles. The van der Waals surface area contributed by atoms with Gasteiger partial charge < -0.3 is 10.1 Å². The lowest BCUT2D eigenvalue weighted by atomic mass is 10.2. The van der Waals surface area contributed by atoms with E-state index in [0.29, 0.717) is 16.3 Å². The smallest absolute Gasteiger partial charge is 0.338 e. The lowest BCUT2D eigenvalue weighted by molar-refractivity contribution is -0.119. The molecule has 0 fully saturated rings. The zero-order valence-corrected chi connectivity index (χ0v) is 16.4. The minimum Gasteiger partial charge on any atom is -0.452 e. The number of anilines is 1. The minimum absolute atomic E-state index is 0.0477. The van der Waals surface area contributed by atoms with Crippen molar-refractivity contribution in [2.75, 3.05) is 18.5 Å². The van der Waals surface area contributed by atoms with Gasteiger partial charge in [-0.25, -0.2) is 13.2 Å². The number of rotatable bonds is 7. The first-order valence-corrected chi connectivity index (χ1v) is 9.86. The molecule has 0 saturated carbocycles. The molecule has 0 aromatic heterocycles. The predicted octanol–water partition coefficient (Wildman–Crippen LogP) is 2.36. The highest BCUT2D eigenvalue weighted by Gasteiger charge is 2.15. The molecule has 146 valence electrons. The van der Waals surface area contributed by atoms with Gasteiger partial charge in [0.25, 0.3) is 5.91 Å². The van der Waals surface area contributed by atoms with Crippen molar-refractivity contribution < 1.29 is 22.7 Å². The zero-order chi connectivity index (χ0) is 20.7. The van der Waals surface area contributed by atoms with Crippen LogP contribution in [0.2, 0.25) is 5.02 Å². The van der Waals surface area contributed by atoms with Gasteiger partial charge in [-0.05, 0) is 48.9 Å². The number of nitrogens with one attached hydrogen (secondary N) is 2. The number of benzene rings is 2. The second kappa shape index (κ2) is 9.37. The van der Waals surface area contributed by atoms with Crippen LogP contribution < -0.4 is 10.0 Å². The summed E-state index contributed by atoms with van der Waals surface area (Å²) in [6.07, 6.45) is 5.02. The zero-order valence-electron chi connectivity index (χ0n) is 14.9. The van der Waals surface area contributed by atoms with Crippen molar-refractivity contribution in [1.29, 1.82) is 0 Å². The number of halogens is 1. The predicted molar refractivity (Wildman–Crippen MR) is 106 cm³/mol. The van der Waals surface area contributed by atoms with E-state index in [1.54, 1.807) is 25.1 Å². The van der Waals surface area contributed by atoms with Crippen molar-refractivity contribution in [2.24, 2.45) is 0 Å². The van der Waals surface area contributed by atoms with Crippen LogP contribution >= 0.6 is 11.6 Å². The highest BCUT2D eigenvalue weighted by molar-refractivity contribution is 7.89. The number of ether oxygens (including phenoxy) is 1. The fraction of sp³-hybridized carbons (Fsp3) is 0.158. The number of hydrogen-bond acceptors (Lipinski definition) is 5. The van der Waals surface area contributed by atoms with Gasteiger partial charge in [0.05, 0.1) is 17.0 Å². The number of carbonyl (C=O) groups is 2. The average molecular weight is 421 g/mol. The van der Waals surface area contributed by atoms with Gasteiger partial charge in [0.15, 0.2) is 6.61 Å². The fourth-order valence-electron chi connectivity index (χ4n) is 2.13. The van der Waals surface area contributed by atoms with Gasteiger partial charge in [-0.1, -0.05) is 23.6 Å². The lowest BCUT2D eigenvalue weighted by Crippen LogP contribution is -2.24. The number of terminal acetylenes is 1. The van der Waals surface area contributed by atoms with Crippen LogP contribution in [0.25, 0.3) is 0 Å². The van der Waals surface area contributed by atoms with Gasteiger partial charge in [-0.3, -0.25) is 4.79 Å². The Kier molecular flexibility index (Phi) is 7.18. The average Bonchev–Trinajstić information content (AvgIpc) is 2.68. The third-order valence-corrected chi connectivity index (χ3v) is 5.47. The fourth-order valence-corrected chi connectivity index (χ4v) is 3.24. The van der Waals surface area contributed by atoms with Crippen LogP contribution in [0.4, 0.5) is 5.69 Å². The number of esters is 1. The Labute approximate surface area is 168 Å². The van der Waals surface area contributed by atoms with Crippen LogP contribution in [0.5, 0.6) is 0 Å². The van der Waals surface area contributed by atoms with E-state index < -0.39 is 28.5 Å². The van der Waals surface area contributed by atoms with E-state index in [9.17, 15) is 18.0 Å². The SMILES string of the molecule is C#CCNS(=O)(=O)c1ccc(C(=O)OCC(=O)Nc2cccc(Cl)c2C)cc1. The molecule has 0 atom stereocenters. The van der Waals surface area contributed by atoms with Crippen LogP contribution in [0.15, 0.2) is 47.4 Å². The summed E-state index contributed by atoms with van der Waals surface area (Å²) < 4.78 is 31.0. The van der Waals surface area contributed by atoms with Crippen molar-refractivity contribution in [3.63, 3.8) is 0 Å². The molecule has 0 unspecified atom stereocenters. The minimum atomic E-state index is -3.75. The summed E-state index contributed by atoms with van der Waals surface area (Å²) in [4.78, 5) is 24.0. The monoisotopic (exact) mass is 420 g/mol. The molecule has 9 heteroatoms. The highest BCUT2D eigenvalue weighted by atomic mass is 35.5. The van der Waals surface area contributed by atoms with E-state index >= 15 is 0 Å². The van der Waals surface area contributed by atoms with Crippen molar-refractivity contribution >= 4 is 39.2 Å². The Hall–Kier alpha value is -2.86. The molecule has 2 rings (SSSR count). The molecule has 2 N–H and O–H groups in total. The van der Waals surface area contributed by atoms with E-state index in [2.05, 4.69) is 16.0 Å². The third-order valence-electron chi connectivity index (χ3n) is 3.64. The van der Waals surface area contributed by atoms with Gasteiger partial charge in [0, 0.05) is 10.7 Å². The van der Waals surface area contributed by atoms with Crippen molar-refractivity contribution in [3.8, 4) is 12.3 Å². The van der Waals surface area contributed by atoms with Gasteiger partial charge >= 0.3 is 5.97 Å². The first-order chi connectivity index (χ1) is 13.2. The van der Waals surface area contributed by atoms with E-state index in [4.69, 9.17) is 22.8 Å². The van der Waals surface area contributed by atoms with E-state index in [1.807, 2.05) is 0 Å². The summed E-state index contributed by atoms with van der Waals surface area (Å²) in [5, 5.41) is 3.10. The summed E-state index contributed by atoms with van der Waals surface area (Å²) in [5.74, 6) is 0.868. The summed E-state index contributed by atoms with van der Waals surface area (Å²) in [6.45, 7) is 1.10. The highest BCUT2D eigenvalue weighted by Crippen LogP contribution is 2.22. The Morgan fingerprint density at radius 2 is 1.86 bits per heavy atom. The topological polar surface area (TPSA) is 102 Å². The molecule has 0 aliphatic carbocycles. The normalized spacial score (nSPS) is 10.8. The molecule has 1 amide bonds. The first-order valence-electron chi connectivity index (χ1n) is 8.00. The molecule has 0 radical (unpaired) electrons. The summed E-state index contributed by atoms with van der Waals surface area (Å²) in [5.41, 5.74) is 1.31. The maximum Gasteiger partial charge on any atom is 0.338 e. The van der Waals surface area contributed by atoms with Crippen LogP contribution in [0.3, 0.4) is 0 Å². The maximum atomic E-state index is 12.0. The number of sulfonamides is 1. The van der Waals surface area contributed by atoms with Crippen molar-refractivity contribution in [2.45, 2.75) is 11.8 Å². The number of hydrogen-bond donors (Lipinski definition) is 2. The molecular weight excluding hydrogens is 404 g/mol. The molecule has 2 aromatic carbocycles. The maximum absolute atomic E-state index is 12.0. The molecular formula is C19H17ClN2O5S. The summed E-state index contributed by atoms with van der Waals surface area (Å²) in [6, 6.07) is 10.1. The first kappa shape index (κ1) is 21.4. The molecule has 0 aliphatic rings. The second-order valence-corrected chi connectivity index (χ2v) is 7.76. The Balaban J connectivity index is 1.95. The molecule has 0 bridgehead atoms. The van der Waals surface area contributed by atoms with E-state index in [0.717, 1.165) is 0 Å². The molecule has 0 saturated heterocycles. The number of carbonyl (C=O) groups excluding carboxylic acids is 2. The Morgan fingerprint density at radius 3 is 2.50 bits per heavy atom. The molecule has 28 heavy (non-hydrogen) atoms. The quantitative estimate of drug-likeness (QED) is 0.529. The van der Waals surface area contributed by atoms with Gasteiger partial charge in [-0.15, -0.1) is 6.42 Å².